The fraction of sp³-hybridized carbons (Fsp3) is 0. The van der Waals surface area contributed by atoms with E-state index in [2.05, 4.69) is 0 Å². The van der Waals surface area contributed by atoms with Crippen molar-refractivity contribution < 1.29 is 4.74 Å². The van der Waals surface area contributed by atoms with Crippen LogP contribution in [0.2, 0.25) is 25.1 Å². The molecule has 0 aliphatic rings. The van der Waals surface area contributed by atoms with Gasteiger partial charge in [0.25, 0.3) is 0 Å². The van der Waals surface area contributed by atoms with E-state index in [1.54, 1.807) is 0 Å². The minimum Gasteiger partial charge on any atom is -0.454 e. The van der Waals surface area contributed by atoms with Crippen molar-refractivity contribution in [3.8, 4) is 11.5 Å². The van der Waals surface area contributed by atoms with Crippen LogP contribution in [-0.2, 0) is 0 Å². The molecule has 2 nitrogen and oxygen atoms in total. The first-order chi connectivity index (χ1) is 8.88. The van der Waals surface area contributed by atoms with Crippen LogP contribution in [0.4, 0.5) is 5.69 Å². The molecule has 100 valence electrons. The summed E-state index contributed by atoms with van der Waals surface area (Å²) in [6, 6.07) is 5.96. The SMILES string of the molecule is Nc1cc(Cl)c(Cl)cc1Oc1cc(Cl)c(Cl)cc1Cl. The molecular weight excluding hydrogens is 351 g/mol. The van der Waals surface area contributed by atoms with Gasteiger partial charge in [0.1, 0.15) is 5.75 Å². The van der Waals surface area contributed by atoms with Crippen LogP contribution in [0.25, 0.3) is 0 Å². The van der Waals surface area contributed by atoms with Crippen LogP contribution < -0.4 is 10.5 Å². The molecule has 0 heterocycles. The Morgan fingerprint density at radius 1 is 0.632 bits per heavy atom. The highest BCUT2D eigenvalue weighted by molar-refractivity contribution is 6.43. The van der Waals surface area contributed by atoms with Gasteiger partial charge in [-0.15, -0.1) is 0 Å². The van der Waals surface area contributed by atoms with Crippen molar-refractivity contribution in [3.63, 3.8) is 0 Å². The molecule has 0 unspecified atom stereocenters. The van der Waals surface area contributed by atoms with E-state index < -0.39 is 0 Å². The van der Waals surface area contributed by atoms with Crippen LogP contribution >= 0.6 is 58.0 Å². The molecule has 0 saturated heterocycles. The van der Waals surface area contributed by atoms with E-state index >= 15 is 0 Å². The molecule has 0 radical (unpaired) electrons. The average molecular weight is 357 g/mol. The second-order valence-electron chi connectivity index (χ2n) is 3.60. The highest BCUT2D eigenvalue weighted by Crippen LogP contribution is 2.40. The van der Waals surface area contributed by atoms with Crippen molar-refractivity contribution in [2.24, 2.45) is 0 Å². The highest BCUT2D eigenvalue weighted by Gasteiger charge is 2.11. The number of nitrogens with two attached hydrogens (primary N) is 1. The van der Waals surface area contributed by atoms with Gasteiger partial charge in [-0.2, -0.15) is 0 Å². The predicted octanol–water partition coefficient (Wildman–Crippen LogP) is 6.33. The smallest absolute Gasteiger partial charge is 0.151 e. The molecule has 19 heavy (non-hydrogen) atoms. The van der Waals surface area contributed by atoms with E-state index in [-0.39, 0.29) is 0 Å². The Hall–Kier alpha value is -0.510. The molecule has 2 aromatic carbocycles. The number of hydrogen-bond acceptors (Lipinski definition) is 2. The monoisotopic (exact) mass is 355 g/mol. The van der Waals surface area contributed by atoms with Gasteiger partial charge >= 0.3 is 0 Å². The van der Waals surface area contributed by atoms with Crippen molar-refractivity contribution in [1.82, 2.24) is 0 Å². The van der Waals surface area contributed by atoms with E-state index in [0.717, 1.165) is 0 Å². The van der Waals surface area contributed by atoms with Gasteiger partial charge in [0.15, 0.2) is 5.75 Å². The second kappa shape index (κ2) is 5.86. The summed E-state index contributed by atoms with van der Waals surface area (Å²) >= 11 is 29.5. The number of anilines is 1. The normalized spacial score (nSPS) is 10.6. The molecule has 0 aliphatic carbocycles. The van der Waals surface area contributed by atoms with Crippen LogP contribution in [0.1, 0.15) is 0 Å². The van der Waals surface area contributed by atoms with E-state index in [1.165, 1.54) is 24.3 Å². The zero-order valence-electron chi connectivity index (χ0n) is 9.18. The lowest BCUT2D eigenvalue weighted by atomic mass is 10.3. The number of benzene rings is 2. The summed E-state index contributed by atoms with van der Waals surface area (Å²) < 4.78 is 5.57. The van der Waals surface area contributed by atoms with Crippen molar-refractivity contribution in [1.29, 1.82) is 0 Å². The maximum Gasteiger partial charge on any atom is 0.151 e. The molecule has 2 rings (SSSR count). The minimum absolute atomic E-state index is 0.305. The second-order valence-corrected chi connectivity index (χ2v) is 5.64. The summed E-state index contributed by atoms with van der Waals surface area (Å²) in [6.45, 7) is 0. The molecule has 0 bridgehead atoms. The Bertz CT molecular complexity index is 589. The Balaban J connectivity index is 2.42. The summed E-state index contributed by atoms with van der Waals surface area (Å²) in [5, 5.41) is 1.62. The van der Waals surface area contributed by atoms with Gasteiger partial charge in [-0.3, -0.25) is 0 Å². The van der Waals surface area contributed by atoms with Crippen LogP contribution in [0, 0.1) is 0 Å². The number of hydrogen-bond donors (Lipinski definition) is 1. The quantitative estimate of drug-likeness (QED) is 0.503. The molecule has 0 spiro atoms. The molecule has 0 amide bonds. The van der Waals surface area contributed by atoms with Gasteiger partial charge in [-0.1, -0.05) is 58.0 Å². The third-order valence-electron chi connectivity index (χ3n) is 2.25. The molecule has 2 N–H and O–H groups in total. The molecule has 0 saturated carbocycles. The topological polar surface area (TPSA) is 35.2 Å². The fourth-order valence-electron chi connectivity index (χ4n) is 1.33. The molecule has 7 heteroatoms. The summed E-state index contributed by atoms with van der Waals surface area (Å²) in [5.41, 5.74) is 6.12. The lowest BCUT2D eigenvalue weighted by Crippen LogP contribution is -1.93. The largest absolute Gasteiger partial charge is 0.454 e. The third-order valence-corrected chi connectivity index (χ3v) is 3.99. The number of ether oxygens (including phenoxy) is 1. The first-order valence-corrected chi connectivity index (χ1v) is 6.84. The lowest BCUT2D eigenvalue weighted by molar-refractivity contribution is 0.485. The molecular formula is C12H6Cl5NO. The van der Waals surface area contributed by atoms with Gasteiger partial charge in [0, 0.05) is 12.1 Å². The molecule has 0 atom stereocenters. The Labute approximate surface area is 134 Å². The molecule has 0 aromatic heterocycles. The van der Waals surface area contributed by atoms with Crippen LogP contribution in [0.5, 0.6) is 11.5 Å². The number of halogens is 5. The summed E-state index contributed by atoms with van der Waals surface area (Å²) in [7, 11) is 0. The van der Waals surface area contributed by atoms with Crippen LogP contribution in [-0.4, -0.2) is 0 Å². The molecule has 0 fully saturated rings. The first-order valence-electron chi connectivity index (χ1n) is 4.95. The Morgan fingerprint density at radius 2 is 1.11 bits per heavy atom. The minimum atomic E-state index is 0.305. The van der Waals surface area contributed by atoms with Gasteiger partial charge in [-0.05, 0) is 12.1 Å². The molecule has 2 aromatic rings. The zero-order chi connectivity index (χ0) is 14.2. The average Bonchev–Trinajstić information content (AvgIpc) is 2.32. The van der Waals surface area contributed by atoms with Crippen molar-refractivity contribution >= 4 is 63.7 Å². The van der Waals surface area contributed by atoms with Gasteiger partial charge in [0.2, 0.25) is 0 Å². The lowest BCUT2D eigenvalue weighted by Gasteiger charge is -2.12. The van der Waals surface area contributed by atoms with E-state index in [9.17, 15) is 0 Å². The molecule has 0 aliphatic heterocycles. The van der Waals surface area contributed by atoms with Gasteiger partial charge in [-0.25, -0.2) is 0 Å². The van der Waals surface area contributed by atoms with E-state index in [4.69, 9.17) is 68.5 Å². The standard InChI is InChI=1S/C12H6Cl5NO/c13-5-1-9(17)11(3-7(5)15)19-12-4-8(16)6(14)2-10(12)18/h1-4H,18H2. The van der Waals surface area contributed by atoms with Crippen molar-refractivity contribution in [3.05, 3.63) is 49.4 Å². The van der Waals surface area contributed by atoms with Crippen molar-refractivity contribution in [2.45, 2.75) is 0 Å². The van der Waals surface area contributed by atoms with Gasteiger partial charge < -0.3 is 10.5 Å². The maximum atomic E-state index is 6.01. The Morgan fingerprint density at radius 3 is 1.74 bits per heavy atom. The van der Waals surface area contributed by atoms with E-state index in [0.29, 0.717) is 42.3 Å². The summed E-state index contributed by atoms with van der Waals surface area (Å²) in [6.07, 6.45) is 0. The first kappa shape index (κ1) is 14.9. The zero-order valence-corrected chi connectivity index (χ0v) is 13.0. The summed E-state index contributed by atoms with van der Waals surface area (Å²) in [5.74, 6) is 0.649. The highest BCUT2D eigenvalue weighted by atomic mass is 35.5. The number of rotatable bonds is 2. The number of nitrogen functional groups attached to an aromatic ring is 1. The fourth-order valence-corrected chi connectivity index (χ4v) is 2.23. The van der Waals surface area contributed by atoms with Crippen LogP contribution in [0.3, 0.4) is 0 Å². The predicted molar refractivity (Wildman–Crippen MR) is 82.4 cm³/mol. The summed E-state index contributed by atoms with van der Waals surface area (Å²) in [4.78, 5) is 0. The maximum absolute atomic E-state index is 6.01. The van der Waals surface area contributed by atoms with Crippen LogP contribution in [0.15, 0.2) is 24.3 Å². The van der Waals surface area contributed by atoms with Crippen molar-refractivity contribution in [2.75, 3.05) is 5.73 Å². The van der Waals surface area contributed by atoms with E-state index in [1.807, 2.05) is 0 Å². The third kappa shape index (κ3) is 3.33. The van der Waals surface area contributed by atoms with Gasteiger partial charge in [0.05, 0.1) is 30.8 Å². The Kier molecular flexibility index (Phi) is 4.59.